The van der Waals surface area contributed by atoms with E-state index in [1.807, 2.05) is 36.4 Å². The Morgan fingerprint density at radius 1 is 1.08 bits per heavy atom. The molecule has 1 amide bonds. The first-order chi connectivity index (χ1) is 12.7. The summed E-state index contributed by atoms with van der Waals surface area (Å²) in [7, 11) is 3.18. The quantitative estimate of drug-likeness (QED) is 0.641. The first kappa shape index (κ1) is 17.6. The van der Waals surface area contributed by atoms with Crippen LogP contribution in [-0.2, 0) is 11.2 Å². The van der Waals surface area contributed by atoms with E-state index in [2.05, 4.69) is 22.4 Å². The van der Waals surface area contributed by atoms with Crippen molar-refractivity contribution < 1.29 is 14.3 Å². The minimum absolute atomic E-state index is 0.129. The van der Waals surface area contributed by atoms with Crippen molar-refractivity contribution >= 4 is 22.9 Å². The standard InChI is InChI=1S/C21H22N2O3/c1-25-19-9-7-15(13-20(19)26-2)8-10-21(24)22-12-11-17-14-16-5-3-4-6-18(16)23-17/h3-10,13-14,23H,11-12H2,1-2H3,(H,22,24)/b10-8+. The monoisotopic (exact) mass is 350 g/mol. The molecule has 0 saturated carbocycles. The van der Waals surface area contributed by atoms with Crippen LogP contribution in [0, 0.1) is 0 Å². The number of amides is 1. The van der Waals surface area contributed by atoms with Crippen molar-refractivity contribution in [3.8, 4) is 11.5 Å². The molecule has 5 nitrogen and oxygen atoms in total. The van der Waals surface area contributed by atoms with Gasteiger partial charge < -0.3 is 19.8 Å². The first-order valence-corrected chi connectivity index (χ1v) is 8.44. The zero-order valence-corrected chi connectivity index (χ0v) is 14.9. The van der Waals surface area contributed by atoms with Crippen molar-refractivity contribution in [2.45, 2.75) is 6.42 Å². The number of aromatic amines is 1. The van der Waals surface area contributed by atoms with Gasteiger partial charge in [0.15, 0.2) is 11.5 Å². The Hall–Kier alpha value is -3.21. The molecule has 0 saturated heterocycles. The van der Waals surface area contributed by atoms with Crippen LogP contribution in [0.2, 0.25) is 0 Å². The Balaban J connectivity index is 1.53. The van der Waals surface area contributed by atoms with Gasteiger partial charge in [-0.25, -0.2) is 0 Å². The van der Waals surface area contributed by atoms with Crippen LogP contribution in [0.1, 0.15) is 11.3 Å². The number of rotatable bonds is 7. The van der Waals surface area contributed by atoms with E-state index < -0.39 is 0 Å². The fourth-order valence-electron chi connectivity index (χ4n) is 2.78. The van der Waals surface area contributed by atoms with E-state index in [9.17, 15) is 4.79 Å². The lowest BCUT2D eigenvalue weighted by Crippen LogP contribution is -2.23. The van der Waals surface area contributed by atoms with Gasteiger partial charge in [0.1, 0.15) is 0 Å². The number of para-hydroxylation sites is 1. The zero-order chi connectivity index (χ0) is 18.4. The van der Waals surface area contributed by atoms with Gasteiger partial charge in [-0.15, -0.1) is 0 Å². The van der Waals surface area contributed by atoms with Gasteiger partial charge in [-0.2, -0.15) is 0 Å². The molecule has 0 aliphatic heterocycles. The molecule has 1 heterocycles. The molecule has 26 heavy (non-hydrogen) atoms. The highest BCUT2D eigenvalue weighted by Crippen LogP contribution is 2.27. The minimum Gasteiger partial charge on any atom is -0.493 e. The number of benzene rings is 2. The highest BCUT2D eigenvalue weighted by atomic mass is 16.5. The van der Waals surface area contributed by atoms with Gasteiger partial charge in [0.2, 0.25) is 5.91 Å². The van der Waals surface area contributed by atoms with E-state index >= 15 is 0 Å². The van der Waals surface area contributed by atoms with Gasteiger partial charge >= 0.3 is 0 Å². The average Bonchev–Trinajstić information content (AvgIpc) is 3.08. The number of carbonyl (C=O) groups is 1. The smallest absolute Gasteiger partial charge is 0.244 e. The molecule has 1 aromatic heterocycles. The van der Waals surface area contributed by atoms with Crippen molar-refractivity contribution in [1.82, 2.24) is 10.3 Å². The first-order valence-electron chi connectivity index (χ1n) is 8.44. The third-order valence-corrected chi connectivity index (χ3v) is 4.11. The molecule has 2 aromatic carbocycles. The summed E-state index contributed by atoms with van der Waals surface area (Å²) in [6, 6.07) is 15.8. The molecule has 134 valence electrons. The van der Waals surface area contributed by atoms with Crippen molar-refractivity contribution in [3.63, 3.8) is 0 Å². The van der Waals surface area contributed by atoms with Crippen LogP contribution in [-0.4, -0.2) is 31.7 Å². The van der Waals surface area contributed by atoms with Crippen LogP contribution in [0.5, 0.6) is 11.5 Å². The topological polar surface area (TPSA) is 63.3 Å². The molecule has 5 heteroatoms. The Bertz CT molecular complexity index is 895. The highest BCUT2D eigenvalue weighted by molar-refractivity contribution is 5.91. The van der Waals surface area contributed by atoms with E-state index in [0.717, 1.165) is 23.2 Å². The third kappa shape index (κ3) is 4.25. The molecule has 2 N–H and O–H groups in total. The second-order valence-electron chi connectivity index (χ2n) is 5.87. The summed E-state index contributed by atoms with van der Waals surface area (Å²) in [6.07, 6.45) is 4.03. The lowest BCUT2D eigenvalue weighted by Gasteiger charge is -2.07. The summed E-state index contributed by atoms with van der Waals surface area (Å²) in [5.41, 5.74) is 3.09. The number of hydrogen-bond acceptors (Lipinski definition) is 3. The summed E-state index contributed by atoms with van der Waals surface area (Å²) in [5, 5.41) is 4.08. The van der Waals surface area contributed by atoms with Crippen molar-refractivity contribution in [2.75, 3.05) is 20.8 Å². The molecule has 0 atom stereocenters. The number of fused-ring (bicyclic) bond motifs is 1. The molecule has 0 spiro atoms. The fourth-order valence-corrected chi connectivity index (χ4v) is 2.78. The molecule has 0 unspecified atom stereocenters. The van der Waals surface area contributed by atoms with Crippen LogP contribution < -0.4 is 14.8 Å². The van der Waals surface area contributed by atoms with Crippen molar-refractivity contribution in [2.24, 2.45) is 0 Å². The van der Waals surface area contributed by atoms with Crippen LogP contribution >= 0.6 is 0 Å². The SMILES string of the molecule is COc1ccc(/C=C/C(=O)NCCc2cc3ccccc3[nH]2)cc1OC. The molecule has 0 aliphatic rings. The Labute approximate surface area is 152 Å². The van der Waals surface area contributed by atoms with E-state index in [0.29, 0.717) is 18.0 Å². The van der Waals surface area contributed by atoms with Gasteiger partial charge in [-0.05, 0) is 41.3 Å². The molecule has 3 rings (SSSR count). The van der Waals surface area contributed by atoms with Gasteiger partial charge in [-0.1, -0.05) is 24.3 Å². The number of ether oxygens (including phenoxy) is 2. The maximum Gasteiger partial charge on any atom is 0.244 e. The highest BCUT2D eigenvalue weighted by Gasteiger charge is 2.04. The molecule has 0 fully saturated rings. The predicted molar refractivity (Wildman–Crippen MR) is 104 cm³/mol. The van der Waals surface area contributed by atoms with Crippen molar-refractivity contribution in [3.05, 3.63) is 65.9 Å². The fraction of sp³-hybridized carbons (Fsp3) is 0.190. The Kier molecular flexibility index (Phi) is 5.59. The summed E-state index contributed by atoms with van der Waals surface area (Å²) < 4.78 is 10.5. The molecule has 0 bridgehead atoms. The second kappa shape index (κ2) is 8.25. The molecular weight excluding hydrogens is 328 g/mol. The Morgan fingerprint density at radius 3 is 2.65 bits per heavy atom. The summed E-state index contributed by atoms with van der Waals surface area (Å²) in [5.74, 6) is 1.16. The summed E-state index contributed by atoms with van der Waals surface area (Å²) >= 11 is 0. The zero-order valence-electron chi connectivity index (χ0n) is 14.9. The van der Waals surface area contributed by atoms with Gasteiger partial charge in [-0.3, -0.25) is 4.79 Å². The molecule has 0 radical (unpaired) electrons. The van der Waals surface area contributed by atoms with Gasteiger partial charge in [0.25, 0.3) is 0 Å². The van der Waals surface area contributed by atoms with Gasteiger partial charge in [0.05, 0.1) is 14.2 Å². The lowest BCUT2D eigenvalue weighted by molar-refractivity contribution is -0.116. The minimum atomic E-state index is -0.129. The number of carbonyl (C=O) groups excluding carboxylic acids is 1. The predicted octanol–water partition coefficient (Wildman–Crippen LogP) is 3.56. The number of aromatic nitrogens is 1. The molecular formula is C21H22N2O3. The number of methoxy groups -OCH3 is 2. The largest absolute Gasteiger partial charge is 0.493 e. The van der Waals surface area contributed by atoms with Crippen LogP contribution in [0.4, 0.5) is 0 Å². The van der Waals surface area contributed by atoms with E-state index in [-0.39, 0.29) is 5.91 Å². The van der Waals surface area contributed by atoms with Crippen LogP contribution in [0.25, 0.3) is 17.0 Å². The van der Waals surface area contributed by atoms with Gasteiger partial charge in [0, 0.05) is 30.3 Å². The van der Waals surface area contributed by atoms with E-state index in [1.54, 1.807) is 20.3 Å². The molecule has 0 aliphatic carbocycles. The number of nitrogens with one attached hydrogen (secondary N) is 2. The number of hydrogen-bond donors (Lipinski definition) is 2. The number of H-pyrrole nitrogens is 1. The average molecular weight is 350 g/mol. The van der Waals surface area contributed by atoms with Crippen molar-refractivity contribution in [1.29, 1.82) is 0 Å². The second-order valence-corrected chi connectivity index (χ2v) is 5.87. The third-order valence-electron chi connectivity index (χ3n) is 4.11. The maximum atomic E-state index is 12.0. The van der Waals surface area contributed by atoms with E-state index in [4.69, 9.17) is 9.47 Å². The lowest BCUT2D eigenvalue weighted by atomic mass is 10.2. The summed E-state index contributed by atoms with van der Waals surface area (Å²) in [4.78, 5) is 15.3. The Morgan fingerprint density at radius 2 is 1.88 bits per heavy atom. The summed E-state index contributed by atoms with van der Waals surface area (Å²) in [6.45, 7) is 0.571. The molecule has 3 aromatic rings. The van der Waals surface area contributed by atoms with E-state index in [1.165, 1.54) is 11.5 Å². The van der Waals surface area contributed by atoms with Crippen LogP contribution in [0.3, 0.4) is 0 Å². The maximum absolute atomic E-state index is 12.0. The van der Waals surface area contributed by atoms with Crippen LogP contribution in [0.15, 0.2) is 54.6 Å². The normalized spacial score (nSPS) is 11.0.